The molecule has 4 N–H and O–H groups in total. The molecular formula is C12H16BrFN2O2. The van der Waals surface area contributed by atoms with Crippen molar-refractivity contribution in [3.05, 3.63) is 21.9 Å². The van der Waals surface area contributed by atoms with E-state index in [9.17, 15) is 14.6 Å². The molecule has 0 amide bonds. The number of nitrogens with zero attached hydrogens (tertiary/aromatic N) is 1. The first-order valence-corrected chi connectivity index (χ1v) is 6.55. The van der Waals surface area contributed by atoms with Gasteiger partial charge in [-0.25, -0.2) is 4.39 Å². The lowest BCUT2D eigenvalue weighted by Gasteiger charge is -2.22. The quantitative estimate of drug-likeness (QED) is 0.729. The van der Waals surface area contributed by atoms with Gasteiger partial charge in [-0.1, -0.05) is 15.9 Å². The van der Waals surface area contributed by atoms with E-state index in [1.165, 1.54) is 6.07 Å². The van der Waals surface area contributed by atoms with Gasteiger partial charge in [0.2, 0.25) is 0 Å². The molecule has 1 saturated heterocycles. The number of phenols is 2. The summed E-state index contributed by atoms with van der Waals surface area (Å²) < 4.78 is 13.7. The van der Waals surface area contributed by atoms with Gasteiger partial charge in [-0.2, -0.15) is 0 Å². The maximum Gasteiger partial charge on any atom is 0.194 e. The fourth-order valence-electron chi connectivity index (χ4n) is 2.54. The summed E-state index contributed by atoms with van der Waals surface area (Å²) in [6.07, 6.45) is 0.782. The highest BCUT2D eigenvalue weighted by atomic mass is 79.9. The van der Waals surface area contributed by atoms with Gasteiger partial charge in [0.1, 0.15) is 0 Å². The zero-order valence-electron chi connectivity index (χ0n) is 10.0. The SMILES string of the molecule is CN1CC(CN)CC1c1c(Br)cc(F)c(O)c1O. The normalized spacial score (nSPS) is 24.7. The van der Waals surface area contributed by atoms with Crippen molar-refractivity contribution in [3.8, 4) is 11.5 Å². The maximum atomic E-state index is 13.3. The van der Waals surface area contributed by atoms with Gasteiger partial charge in [0.25, 0.3) is 0 Å². The number of likely N-dealkylation sites (tertiary alicyclic amines) is 1. The van der Waals surface area contributed by atoms with Crippen LogP contribution < -0.4 is 5.73 Å². The molecule has 1 fully saturated rings. The molecule has 1 aliphatic heterocycles. The van der Waals surface area contributed by atoms with Gasteiger partial charge in [-0.15, -0.1) is 0 Å². The van der Waals surface area contributed by atoms with Crippen LogP contribution in [0.4, 0.5) is 4.39 Å². The third-order valence-corrected chi connectivity index (χ3v) is 4.17. The molecule has 0 bridgehead atoms. The molecule has 18 heavy (non-hydrogen) atoms. The topological polar surface area (TPSA) is 69.7 Å². The van der Waals surface area contributed by atoms with E-state index in [1.807, 2.05) is 7.05 Å². The minimum Gasteiger partial charge on any atom is -0.504 e. The Hall–Kier alpha value is -0.850. The van der Waals surface area contributed by atoms with E-state index in [0.717, 1.165) is 13.0 Å². The summed E-state index contributed by atoms with van der Waals surface area (Å²) in [5, 5.41) is 19.4. The molecule has 4 nitrogen and oxygen atoms in total. The summed E-state index contributed by atoms with van der Waals surface area (Å²) in [4.78, 5) is 2.05. The van der Waals surface area contributed by atoms with E-state index in [-0.39, 0.29) is 6.04 Å². The second-order valence-electron chi connectivity index (χ2n) is 4.74. The highest BCUT2D eigenvalue weighted by Gasteiger charge is 2.34. The molecule has 0 spiro atoms. The third kappa shape index (κ3) is 2.20. The molecular weight excluding hydrogens is 303 g/mol. The van der Waals surface area contributed by atoms with Crippen LogP contribution in [0.2, 0.25) is 0 Å². The Morgan fingerprint density at radius 1 is 1.50 bits per heavy atom. The summed E-state index contributed by atoms with van der Waals surface area (Å²) in [6.45, 7) is 1.40. The van der Waals surface area contributed by atoms with Gasteiger partial charge in [-0.3, -0.25) is 4.90 Å². The van der Waals surface area contributed by atoms with Crippen molar-refractivity contribution in [2.45, 2.75) is 12.5 Å². The van der Waals surface area contributed by atoms with E-state index >= 15 is 0 Å². The van der Waals surface area contributed by atoms with Gasteiger partial charge in [-0.05, 0) is 32.0 Å². The molecule has 100 valence electrons. The van der Waals surface area contributed by atoms with Crippen LogP contribution in [0.1, 0.15) is 18.0 Å². The van der Waals surface area contributed by atoms with Crippen LogP contribution in [0.3, 0.4) is 0 Å². The van der Waals surface area contributed by atoms with Crippen LogP contribution >= 0.6 is 15.9 Å². The smallest absolute Gasteiger partial charge is 0.194 e. The molecule has 0 radical (unpaired) electrons. The van der Waals surface area contributed by atoms with E-state index in [2.05, 4.69) is 20.8 Å². The van der Waals surface area contributed by atoms with Crippen LogP contribution in [0.15, 0.2) is 10.5 Å². The monoisotopic (exact) mass is 318 g/mol. The molecule has 1 heterocycles. The molecule has 0 aromatic heterocycles. The van der Waals surface area contributed by atoms with Crippen LogP contribution in [0.25, 0.3) is 0 Å². The molecule has 0 saturated carbocycles. The number of hydrogen-bond donors (Lipinski definition) is 3. The number of phenolic OH excluding ortho intramolecular Hbond substituents is 2. The summed E-state index contributed by atoms with van der Waals surface area (Å²) in [7, 11) is 1.92. The van der Waals surface area contributed by atoms with Crippen molar-refractivity contribution < 1.29 is 14.6 Å². The Labute approximate surface area is 113 Å². The van der Waals surface area contributed by atoms with Gasteiger partial charge in [0.15, 0.2) is 17.3 Å². The van der Waals surface area contributed by atoms with Crippen molar-refractivity contribution in [2.75, 3.05) is 20.1 Å². The lowest BCUT2D eigenvalue weighted by Crippen LogP contribution is -2.20. The molecule has 0 aliphatic carbocycles. The molecule has 1 aliphatic rings. The molecule has 2 rings (SSSR count). The standard InChI is InChI=1S/C12H16BrFN2O2/c1-16-5-6(4-15)2-9(16)10-7(13)3-8(14)11(17)12(10)18/h3,6,9,17-18H,2,4-5,15H2,1H3. The van der Waals surface area contributed by atoms with Crippen molar-refractivity contribution in [3.63, 3.8) is 0 Å². The van der Waals surface area contributed by atoms with Gasteiger partial charge < -0.3 is 15.9 Å². The number of halogens is 2. The van der Waals surface area contributed by atoms with Crippen molar-refractivity contribution >= 4 is 15.9 Å². The van der Waals surface area contributed by atoms with E-state index < -0.39 is 17.3 Å². The van der Waals surface area contributed by atoms with E-state index in [1.54, 1.807) is 0 Å². The first-order valence-electron chi connectivity index (χ1n) is 5.75. The highest BCUT2D eigenvalue weighted by molar-refractivity contribution is 9.10. The summed E-state index contributed by atoms with van der Waals surface area (Å²) in [6, 6.07) is 1.10. The summed E-state index contributed by atoms with van der Waals surface area (Å²) in [5.74, 6) is -1.58. The predicted octanol–water partition coefficient (Wildman–Crippen LogP) is 1.95. The van der Waals surface area contributed by atoms with Crippen molar-refractivity contribution in [1.29, 1.82) is 0 Å². The molecule has 1 aromatic carbocycles. The summed E-state index contributed by atoms with van der Waals surface area (Å²) >= 11 is 3.24. The van der Waals surface area contributed by atoms with Crippen molar-refractivity contribution in [1.82, 2.24) is 4.90 Å². The maximum absolute atomic E-state index is 13.3. The second-order valence-corrected chi connectivity index (χ2v) is 5.60. The van der Waals surface area contributed by atoms with Crippen LogP contribution in [0, 0.1) is 11.7 Å². The zero-order valence-corrected chi connectivity index (χ0v) is 11.6. The molecule has 2 unspecified atom stereocenters. The first-order chi connectivity index (χ1) is 8.45. The fraction of sp³-hybridized carbons (Fsp3) is 0.500. The predicted molar refractivity (Wildman–Crippen MR) is 70.0 cm³/mol. The van der Waals surface area contributed by atoms with Crippen LogP contribution in [-0.4, -0.2) is 35.3 Å². The minimum atomic E-state index is -0.834. The van der Waals surface area contributed by atoms with Crippen LogP contribution in [-0.2, 0) is 0 Å². The molecule has 6 heteroatoms. The second kappa shape index (κ2) is 5.03. The number of aromatic hydroxyl groups is 2. The van der Waals surface area contributed by atoms with Crippen LogP contribution in [0.5, 0.6) is 11.5 Å². The average Bonchev–Trinajstić information content (AvgIpc) is 2.68. The van der Waals surface area contributed by atoms with Gasteiger partial charge in [0, 0.05) is 22.6 Å². The molecule has 1 aromatic rings. The number of hydrogen-bond acceptors (Lipinski definition) is 4. The minimum absolute atomic E-state index is 0.0700. The first kappa shape index (κ1) is 13.6. The molecule has 2 atom stereocenters. The number of rotatable bonds is 2. The average molecular weight is 319 g/mol. The Bertz CT molecular complexity index is 470. The Morgan fingerprint density at radius 3 is 2.72 bits per heavy atom. The number of benzene rings is 1. The fourth-order valence-corrected chi connectivity index (χ4v) is 3.19. The van der Waals surface area contributed by atoms with E-state index in [4.69, 9.17) is 5.73 Å². The Balaban J connectivity index is 2.43. The Morgan fingerprint density at radius 2 is 2.17 bits per heavy atom. The largest absolute Gasteiger partial charge is 0.504 e. The van der Waals surface area contributed by atoms with Gasteiger partial charge >= 0.3 is 0 Å². The number of nitrogens with two attached hydrogens (primary N) is 1. The highest BCUT2D eigenvalue weighted by Crippen LogP contribution is 2.46. The lowest BCUT2D eigenvalue weighted by atomic mass is 9.98. The zero-order chi connectivity index (χ0) is 13.4. The Kier molecular flexibility index (Phi) is 3.79. The third-order valence-electron chi connectivity index (χ3n) is 3.52. The lowest BCUT2D eigenvalue weighted by molar-refractivity contribution is 0.298. The van der Waals surface area contributed by atoms with Gasteiger partial charge in [0.05, 0.1) is 0 Å². The summed E-state index contributed by atoms with van der Waals surface area (Å²) in [5.41, 5.74) is 6.18. The van der Waals surface area contributed by atoms with Crippen molar-refractivity contribution in [2.24, 2.45) is 11.7 Å². The van der Waals surface area contributed by atoms with E-state index in [0.29, 0.717) is 22.5 Å².